The van der Waals surface area contributed by atoms with E-state index in [1.807, 2.05) is 0 Å². The maximum atomic E-state index is 11.9. The lowest BCUT2D eigenvalue weighted by Crippen LogP contribution is -2.24. The molecule has 2 N–H and O–H groups in total. The van der Waals surface area contributed by atoms with E-state index in [-0.39, 0.29) is 30.0 Å². The van der Waals surface area contributed by atoms with E-state index >= 15 is 0 Å². The number of nitrogens with one attached hydrogen (secondary N) is 2. The van der Waals surface area contributed by atoms with Crippen molar-refractivity contribution in [3.05, 3.63) is 41.5 Å². The third kappa shape index (κ3) is 7.16. The van der Waals surface area contributed by atoms with Gasteiger partial charge in [-0.3, -0.25) is 9.59 Å². The summed E-state index contributed by atoms with van der Waals surface area (Å²) in [6.07, 6.45) is 2.74. The molecule has 0 radical (unpaired) electrons. The molecule has 0 heterocycles. The summed E-state index contributed by atoms with van der Waals surface area (Å²) in [6.45, 7) is -0.0665. The molecule has 0 saturated carbocycles. The van der Waals surface area contributed by atoms with Crippen molar-refractivity contribution in [2.75, 3.05) is 19.3 Å². The van der Waals surface area contributed by atoms with Crippen LogP contribution in [0.25, 0.3) is 6.08 Å². The van der Waals surface area contributed by atoms with E-state index in [4.69, 9.17) is 0 Å². The summed E-state index contributed by atoms with van der Waals surface area (Å²) in [5, 5.41) is 4.84. The van der Waals surface area contributed by atoms with Crippen molar-refractivity contribution < 1.29 is 22.8 Å². The molecule has 1 rings (SSSR count). The molecule has 1 aromatic carbocycles. The van der Waals surface area contributed by atoms with Crippen LogP contribution in [0, 0.1) is 0 Å². The van der Waals surface area contributed by atoms with E-state index in [1.54, 1.807) is 24.3 Å². The van der Waals surface area contributed by atoms with Crippen molar-refractivity contribution in [1.82, 2.24) is 10.6 Å². The maximum Gasteiger partial charge on any atom is 0.441 e. The zero-order valence-electron chi connectivity index (χ0n) is 11.7. The number of halogens is 3. The molecule has 0 unspecified atom stereocenters. The SMILES string of the molecule is CNC(=O)c1ccc(/C=C/C(=O)NCCSC(F)(F)F)cc1. The van der Waals surface area contributed by atoms with E-state index in [9.17, 15) is 22.8 Å². The average molecular weight is 332 g/mol. The zero-order valence-corrected chi connectivity index (χ0v) is 12.6. The lowest BCUT2D eigenvalue weighted by molar-refractivity contribution is -0.116. The molecule has 1 aromatic rings. The third-order valence-corrected chi connectivity index (χ3v) is 3.23. The van der Waals surface area contributed by atoms with Crippen LogP contribution in [0.2, 0.25) is 0 Å². The number of amides is 2. The van der Waals surface area contributed by atoms with Crippen LogP contribution in [0.15, 0.2) is 30.3 Å². The number of carbonyl (C=O) groups excluding carboxylic acids is 2. The molecule has 0 aliphatic carbocycles. The highest BCUT2D eigenvalue weighted by molar-refractivity contribution is 8.00. The van der Waals surface area contributed by atoms with Crippen molar-refractivity contribution in [3.8, 4) is 0 Å². The van der Waals surface area contributed by atoms with Gasteiger partial charge in [-0.15, -0.1) is 0 Å². The molecule has 120 valence electrons. The molecule has 0 spiro atoms. The Balaban J connectivity index is 2.41. The Bertz CT molecular complexity index is 542. The molecule has 0 atom stereocenters. The number of hydrogen-bond acceptors (Lipinski definition) is 3. The van der Waals surface area contributed by atoms with Gasteiger partial charge in [0.2, 0.25) is 5.91 Å². The fraction of sp³-hybridized carbons (Fsp3) is 0.286. The van der Waals surface area contributed by atoms with Crippen molar-refractivity contribution in [2.24, 2.45) is 0 Å². The minimum absolute atomic E-state index is 0.0665. The summed E-state index contributed by atoms with van der Waals surface area (Å²) in [6, 6.07) is 6.54. The summed E-state index contributed by atoms with van der Waals surface area (Å²) in [7, 11) is 1.53. The Morgan fingerprint density at radius 2 is 1.86 bits per heavy atom. The standard InChI is InChI=1S/C14H15F3N2O2S/c1-18-13(21)11-5-2-10(3-6-11)4-7-12(20)19-8-9-22-14(15,16)17/h2-7H,8-9H2,1H3,(H,18,21)(H,19,20)/b7-4+. The molecule has 0 bridgehead atoms. The van der Waals surface area contributed by atoms with Crippen molar-refractivity contribution in [3.63, 3.8) is 0 Å². The van der Waals surface area contributed by atoms with Gasteiger partial charge in [0, 0.05) is 31.0 Å². The number of rotatable bonds is 6. The maximum absolute atomic E-state index is 11.9. The molecule has 2 amide bonds. The zero-order chi connectivity index (χ0) is 16.6. The lowest BCUT2D eigenvalue weighted by atomic mass is 10.1. The average Bonchev–Trinajstić information content (AvgIpc) is 2.48. The highest BCUT2D eigenvalue weighted by Crippen LogP contribution is 2.29. The van der Waals surface area contributed by atoms with Crippen LogP contribution in [0.4, 0.5) is 13.2 Å². The summed E-state index contributed by atoms with van der Waals surface area (Å²) in [5.41, 5.74) is -3.09. The predicted molar refractivity (Wildman–Crippen MR) is 80.4 cm³/mol. The smallest absolute Gasteiger partial charge is 0.355 e. The van der Waals surface area contributed by atoms with Gasteiger partial charge in [0.1, 0.15) is 0 Å². The second-order valence-corrected chi connectivity index (χ2v) is 5.28. The molecule has 8 heteroatoms. The molecular weight excluding hydrogens is 317 g/mol. The molecule has 0 saturated heterocycles. The number of alkyl halides is 3. The highest BCUT2D eigenvalue weighted by Gasteiger charge is 2.27. The fourth-order valence-corrected chi connectivity index (χ4v) is 1.90. The second kappa shape index (κ2) is 8.47. The topological polar surface area (TPSA) is 58.2 Å². The summed E-state index contributed by atoms with van der Waals surface area (Å²) < 4.78 is 35.6. The Kier molecular flexibility index (Phi) is 6.97. The first-order valence-electron chi connectivity index (χ1n) is 6.30. The van der Waals surface area contributed by atoms with Gasteiger partial charge in [-0.2, -0.15) is 13.2 Å². The summed E-state index contributed by atoms with van der Waals surface area (Å²) in [4.78, 5) is 22.7. The monoisotopic (exact) mass is 332 g/mol. The van der Waals surface area contributed by atoms with Gasteiger partial charge in [0.15, 0.2) is 0 Å². The van der Waals surface area contributed by atoms with Crippen LogP contribution in [0.3, 0.4) is 0 Å². The van der Waals surface area contributed by atoms with Crippen LogP contribution < -0.4 is 10.6 Å². The highest BCUT2D eigenvalue weighted by atomic mass is 32.2. The van der Waals surface area contributed by atoms with Crippen molar-refractivity contribution >= 4 is 29.7 Å². The molecular formula is C14H15F3N2O2S. The number of carbonyl (C=O) groups is 2. The van der Waals surface area contributed by atoms with Gasteiger partial charge < -0.3 is 10.6 Å². The number of benzene rings is 1. The van der Waals surface area contributed by atoms with E-state index < -0.39 is 11.4 Å². The molecule has 0 aromatic heterocycles. The second-order valence-electron chi connectivity index (χ2n) is 4.12. The van der Waals surface area contributed by atoms with Gasteiger partial charge in [-0.25, -0.2) is 0 Å². The van der Waals surface area contributed by atoms with Crippen LogP contribution in [-0.2, 0) is 4.79 Å². The van der Waals surface area contributed by atoms with Crippen LogP contribution in [0.1, 0.15) is 15.9 Å². The van der Waals surface area contributed by atoms with Crippen LogP contribution in [0.5, 0.6) is 0 Å². The minimum Gasteiger partial charge on any atom is -0.355 e. The Morgan fingerprint density at radius 3 is 2.41 bits per heavy atom. The van der Waals surface area contributed by atoms with E-state index in [2.05, 4.69) is 10.6 Å². The first kappa shape index (κ1) is 18.1. The largest absolute Gasteiger partial charge is 0.441 e. The Hall–Kier alpha value is -1.96. The predicted octanol–water partition coefficient (Wildman–Crippen LogP) is 2.43. The lowest BCUT2D eigenvalue weighted by Gasteiger charge is -2.05. The van der Waals surface area contributed by atoms with Crippen LogP contribution >= 0.6 is 11.8 Å². The van der Waals surface area contributed by atoms with E-state index in [0.717, 1.165) is 0 Å². The van der Waals surface area contributed by atoms with Crippen molar-refractivity contribution in [2.45, 2.75) is 5.51 Å². The van der Waals surface area contributed by atoms with Gasteiger partial charge in [0.25, 0.3) is 5.91 Å². The first-order valence-corrected chi connectivity index (χ1v) is 7.29. The van der Waals surface area contributed by atoms with E-state index in [1.165, 1.54) is 19.2 Å². The molecule has 0 aliphatic rings. The molecule has 22 heavy (non-hydrogen) atoms. The number of hydrogen-bond donors (Lipinski definition) is 2. The van der Waals surface area contributed by atoms with Gasteiger partial charge >= 0.3 is 5.51 Å². The minimum atomic E-state index is -4.28. The van der Waals surface area contributed by atoms with Gasteiger partial charge in [-0.1, -0.05) is 12.1 Å². The normalized spacial score (nSPS) is 11.5. The number of thioether (sulfide) groups is 1. The molecule has 0 fully saturated rings. The third-order valence-electron chi connectivity index (χ3n) is 2.49. The summed E-state index contributed by atoms with van der Waals surface area (Å²) in [5.74, 6) is -0.919. The van der Waals surface area contributed by atoms with Crippen molar-refractivity contribution in [1.29, 1.82) is 0 Å². The van der Waals surface area contributed by atoms with Crippen LogP contribution in [-0.4, -0.2) is 36.7 Å². The fourth-order valence-electron chi connectivity index (χ4n) is 1.46. The first-order chi connectivity index (χ1) is 10.3. The Morgan fingerprint density at radius 1 is 1.23 bits per heavy atom. The van der Waals surface area contributed by atoms with Gasteiger partial charge in [-0.05, 0) is 35.5 Å². The molecule has 4 nitrogen and oxygen atoms in total. The Labute approximate surface area is 130 Å². The van der Waals surface area contributed by atoms with Gasteiger partial charge in [0.05, 0.1) is 0 Å². The summed E-state index contributed by atoms with van der Waals surface area (Å²) >= 11 is -0.180. The van der Waals surface area contributed by atoms with E-state index in [0.29, 0.717) is 11.1 Å². The molecule has 0 aliphatic heterocycles. The quantitative estimate of drug-likeness (QED) is 0.621.